The first kappa shape index (κ1) is 18.5. The number of hydrogen-bond acceptors (Lipinski definition) is 5. The quantitative estimate of drug-likeness (QED) is 0.490. The molecule has 1 atom stereocenters. The van der Waals surface area contributed by atoms with Crippen molar-refractivity contribution in [2.45, 2.75) is 30.6 Å². The Balaban J connectivity index is 1.66. The third kappa shape index (κ3) is 4.26. The molecule has 7 heteroatoms. The van der Waals surface area contributed by atoms with Crippen LogP contribution in [0.15, 0.2) is 58.2 Å². The Kier molecular flexibility index (Phi) is 5.64. The van der Waals surface area contributed by atoms with E-state index in [1.807, 2.05) is 31.2 Å². The Labute approximate surface area is 160 Å². The lowest BCUT2D eigenvalue weighted by Gasteiger charge is -2.12. The van der Waals surface area contributed by atoms with E-state index >= 15 is 0 Å². The Morgan fingerprint density at radius 2 is 2.00 bits per heavy atom. The molecular formula is C19H17ClN2O3S. The summed E-state index contributed by atoms with van der Waals surface area (Å²) in [5.41, 5.74) is 1.57. The predicted octanol–water partition coefficient (Wildman–Crippen LogP) is 3.88. The maximum absolute atomic E-state index is 12.2. The van der Waals surface area contributed by atoms with Gasteiger partial charge in [0.25, 0.3) is 5.56 Å². The SMILES string of the molecule is Cc1cccc2nc(COC(=O)[C@H](C)Sc3ccc(Cl)cc3)cc(=O)n12. The first-order chi connectivity index (χ1) is 12.4. The van der Waals surface area contributed by atoms with Crippen LogP contribution in [0.1, 0.15) is 18.3 Å². The fourth-order valence-electron chi connectivity index (χ4n) is 2.47. The fraction of sp³-hybridized carbons (Fsp3) is 0.211. The molecule has 2 heterocycles. The predicted molar refractivity (Wildman–Crippen MR) is 103 cm³/mol. The van der Waals surface area contributed by atoms with Crippen LogP contribution in [0.5, 0.6) is 0 Å². The summed E-state index contributed by atoms with van der Waals surface area (Å²) in [5.74, 6) is -0.365. The van der Waals surface area contributed by atoms with E-state index in [0.717, 1.165) is 10.6 Å². The second kappa shape index (κ2) is 7.93. The first-order valence-electron chi connectivity index (χ1n) is 8.01. The van der Waals surface area contributed by atoms with Crippen molar-refractivity contribution in [1.82, 2.24) is 9.38 Å². The summed E-state index contributed by atoms with van der Waals surface area (Å²) >= 11 is 7.24. The lowest BCUT2D eigenvalue weighted by atomic mass is 10.3. The van der Waals surface area contributed by atoms with Gasteiger partial charge < -0.3 is 4.74 Å². The molecule has 0 saturated carbocycles. The molecule has 0 spiro atoms. The number of hydrogen-bond donors (Lipinski definition) is 0. The van der Waals surface area contributed by atoms with Gasteiger partial charge >= 0.3 is 5.97 Å². The van der Waals surface area contributed by atoms with E-state index in [-0.39, 0.29) is 23.4 Å². The van der Waals surface area contributed by atoms with Crippen molar-refractivity contribution >= 4 is 35.0 Å². The van der Waals surface area contributed by atoms with Gasteiger partial charge in [0.15, 0.2) is 0 Å². The Hall–Kier alpha value is -2.31. The standard InChI is InChI=1S/C19H17ClN2O3S/c1-12-4-3-5-17-21-15(10-18(23)22(12)17)11-25-19(24)13(2)26-16-8-6-14(20)7-9-16/h3-10,13H,11H2,1-2H3/t13-/m0/s1. The van der Waals surface area contributed by atoms with Crippen molar-refractivity contribution in [3.05, 3.63) is 75.3 Å². The van der Waals surface area contributed by atoms with Gasteiger partial charge in [0.1, 0.15) is 17.5 Å². The summed E-state index contributed by atoms with van der Waals surface area (Å²) in [5, 5.41) is 0.258. The molecule has 2 aromatic heterocycles. The van der Waals surface area contributed by atoms with Crippen LogP contribution in [-0.4, -0.2) is 20.6 Å². The number of ether oxygens (including phenoxy) is 1. The van der Waals surface area contributed by atoms with Crippen molar-refractivity contribution in [2.24, 2.45) is 0 Å². The molecule has 5 nitrogen and oxygen atoms in total. The van der Waals surface area contributed by atoms with Crippen LogP contribution in [0.2, 0.25) is 5.02 Å². The highest BCUT2D eigenvalue weighted by molar-refractivity contribution is 8.00. The maximum atomic E-state index is 12.2. The van der Waals surface area contributed by atoms with Gasteiger partial charge in [-0.1, -0.05) is 17.7 Å². The molecule has 0 radical (unpaired) electrons. The molecule has 0 aliphatic heterocycles. The molecule has 0 fully saturated rings. The van der Waals surface area contributed by atoms with Gasteiger partial charge in [0.05, 0.1) is 5.69 Å². The average molecular weight is 389 g/mol. The highest BCUT2D eigenvalue weighted by Gasteiger charge is 2.17. The monoisotopic (exact) mass is 388 g/mol. The number of fused-ring (bicyclic) bond motifs is 1. The molecule has 26 heavy (non-hydrogen) atoms. The van der Waals surface area contributed by atoms with Crippen molar-refractivity contribution in [1.29, 1.82) is 0 Å². The molecule has 0 unspecified atom stereocenters. The van der Waals surface area contributed by atoms with E-state index in [1.165, 1.54) is 22.2 Å². The Morgan fingerprint density at radius 1 is 1.27 bits per heavy atom. The van der Waals surface area contributed by atoms with E-state index in [9.17, 15) is 9.59 Å². The van der Waals surface area contributed by atoms with Gasteiger partial charge in [0.2, 0.25) is 0 Å². The van der Waals surface area contributed by atoms with Crippen molar-refractivity contribution < 1.29 is 9.53 Å². The van der Waals surface area contributed by atoms with E-state index in [4.69, 9.17) is 16.3 Å². The Bertz CT molecular complexity index is 1000. The summed E-state index contributed by atoms with van der Waals surface area (Å²) in [4.78, 5) is 29.8. The number of benzene rings is 1. The summed E-state index contributed by atoms with van der Waals surface area (Å²) in [6, 6.07) is 14.1. The molecule has 0 aliphatic rings. The zero-order valence-corrected chi connectivity index (χ0v) is 15.9. The number of aryl methyl sites for hydroxylation is 1. The van der Waals surface area contributed by atoms with Gasteiger partial charge in [0, 0.05) is 21.7 Å². The van der Waals surface area contributed by atoms with Gasteiger partial charge in [-0.05, 0) is 50.2 Å². The summed E-state index contributed by atoms with van der Waals surface area (Å²) < 4.78 is 6.84. The zero-order chi connectivity index (χ0) is 18.7. The minimum atomic E-state index is -0.389. The van der Waals surface area contributed by atoms with Crippen LogP contribution in [-0.2, 0) is 16.1 Å². The largest absolute Gasteiger partial charge is 0.458 e. The number of carbonyl (C=O) groups is 1. The number of thioether (sulfide) groups is 1. The number of halogens is 1. The highest BCUT2D eigenvalue weighted by Crippen LogP contribution is 2.25. The second-order valence-corrected chi connectivity index (χ2v) is 7.62. The fourth-order valence-corrected chi connectivity index (χ4v) is 3.46. The smallest absolute Gasteiger partial charge is 0.319 e. The van der Waals surface area contributed by atoms with Crippen LogP contribution in [0.3, 0.4) is 0 Å². The summed E-state index contributed by atoms with van der Waals surface area (Å²) in [7, 11) is 0. The lowest BCUT2D eigenvalue weighted by molar-refractivity contribution is -0.144. The van der Waals surface area contributed by atoms with Crippen LogP contribution < -0.4 is 5.56 Å². The zero-order valence-electron chi connectivity index (χ0n) is 14.3. The number of pyridine rings is 1. The molecule has 0 saturated heterocycles. The van der Waals surface area contributed by atoms with Crippen molar-refractivity contribution in [2.75, 3.05) is 0 Å². The molecule has 3 aromatic rings. The van der Waals surface area contributed by atoms with E-state index in [2.05, 4.69) is 4.98 Å². The van der Waals surface area contributed by atoms with E-state index in [1.54, 1.807) is 25.1 Å². The second-order valence-electron chi connectivity index (χ2n) is 5.77. The molecule has 0 amide bonds. The summed E-state index contributed by atoms with van der Waals surface area (Å²) in [6.45, 7) is 3.57. The molecule has 0 bridgehead atoms. The topological polar surface area (TPSA) is 60.7 Å². The molecule has 0 aliphatic carbocycles. The van der Waals surface area contributed by atoms with Gasteiger partial charge in [-0.25, -0.2) is 4.98 Å². The van der Waals surface area contributed by atoms with Gasteiger partial charge in [-0.2, -0.15) is 0 Å². The third-order valence-corrected chi connectivity index (χ3v) is 5.10. The molecule has 0 N–H and O–H groups in total. The minimum absolute atomic E-state index is 0.0377. The Morgan fingerprint density at radius 3 is 2.73 bits per heavy atom. The average Bonchev–Trinajstić information content (AvgIpc) is 2.61. The van der Waals surface area contributed by atoms with E-state index < -0.39 is 0 Å². The molecule has 1 aromatic carbocycles. The van der Waals surface area contributed by atoms with Gasteiger partial charge in [-0.15, -0.1) is 11.8 Å². The van der Waals surface area contributed by atoms with Crippen LogP contribution in [0, 0.1) is 6.92 Å². The molecule has 3 rings (SSSR count). The lowest BCUT2D eigenvalue weighted by Crippen LogP contribution is -2.20. The number of aromatic nitrogens is 2. The maximum Gasteiger partial charge on any atom is 0.319 e. The number of esters is 1. The number of carbonyl (C=O) groups excluding carboxylic acids is 1. The summed E-state index contributed by atoms with van der Waals surface area (Å²) in [6.07, 6.45) is 0. The molecule has 134 valence electrons. The first-order valence-corrected chi connectivity index (χ1v) is 9.27. The van der Waals surface area contributed by atoms with Crippen molar-refractivity contribution in [3.63, 3.8) is 0 Å². The van der Waals surface area contributed by atoms with Crippen molar-refractivity contribution in [3.8, 4) is 0 Å². The molecular weight excluding hydrogens is 372 g/mol. The number of nitrogens with zero attached hydrogens (tertiary/aromatic N) is 2. The third-order valence-electron chi connectivity index (χ3n) is 3.75. The highest BCUT2D eigenvalue weighted by atomic mass is 35.5. The van der Waals surface area contributed by atoms with Crippen LogP contribution in [0.4, 0.5) is 0 Å². The van der Waals surface area contributed by atoms with E-state index in [0.29, 0.717) is 16.4 Å². The van der Waals surface area contributed by atoms with Crippen LogP contribution in [0.25, 0.3) is 5.65 Å². The normalized spacial score (nSPS) is 12.1. The van der Waals surface area contributed by atoms with Gasteiger partial charge in [-0.3, -0.25) is 14.0 Å². The number of rotatable bonds is 5. The minimum Gasteiger partial charge on any atom is -0.458 e. The van der Waals surface area contributed by atoms with Crippen LogP contribution >= 0.6 is 23.4 Å².